The van der Waals surface area contributed by atoms with E-state index in [1.165, 1.54) is 20.0 Å². The fraction of sp³-hybridized carbons (Fsp3) is 0.571. The van der Waals surface area contributed by atoms with Crippen LogP contribution in [0.25, 0.3) is 0 Å². The van der Waals surface area contributed by atoms with Crippen LogP contribution in [0.5, 0.6) is 0 Å². The van der Waals surface area contributed by atoms with Crippen LogP contribution in [0, 0.1) is 0 Å². The van der Waals surface area contributed by atoms with Crippen molar-refractivity contribution in [2.75, 3.05) is 20.3 Å². The van der Waals surface area contributed by atoms with Gasteiger partial charge in [0.1, 0.15) is 6.61 Å². The van der Waals surface area contributed by atoms with E-state index in [9.17, 15) is 4.79 Å². The molecule has 1 fully saturated rings. The number of methoxy groups -OCH3 is 1. The Hall–Kier alpha value is -1.42. The summed E-state index contributed by atoms with van der Waals surface area (Å²) < 4.78 is 4.83. The monoisotopic (exact) mass is 248 g/mol. The number of hydrogen-bond acceptors (Lipinski definition) is 3. The minimum absolute atomic E-state index is 0.0185. The number of hydrogen-bond donors (Lipinski definition) is 1. The molecule has 0 aliphatic heterocycles. The van der Waals surface area contributed by atoms with Crippen LogP contribution in [0.2, 0.25) is 0 Å². The molecule has 1 aliphatic carbocycles. The van der Waals surface area contributed by atoms with Crippen LogP contribution in [0.1, 0.15) is 31.4 Å². The van der Waals surface area contributed by atoms with Gasteiger partial charge in [0.25, 0.3) is 0 Å². The second-order valence-corrected chi connectivity index (χ2v) is 4.91. The van der Waals surface area contributed by atoms with Gasteiger partial charge < -0.3 is 10.1 Å². The SMILES string of the molecule is COCC(=O)NCC1(c2ccccn2)CCCC1. The zero-order chi connectivity index (χ0) is 12.8. The largest absolute Gasteiger partial charge is 0.375 e. The highest BCUT2D eigenvalue weighted by Gasteiger charge is 2.36. The molecule has 1 aliphatic rings. The van der Waals surface area contributed by atoms with E-state index < -0.39 is 0 Å². The lowest BCUT2D eigenvalue weighted by Crippen LogP contribution is -2.40. The molecule has 4 heteroatoms. The van der Waals surface area contributed by atoms with Gasteiger partial charge in [-0.15, -0.1) is 0 Å². The summed E-state index contributed by atoms with van der Waals surface area (Å²) in [7, 11) is 1.53. The molecule has 0 spiro atoms. The van der Waals surface area contributed by atoms with Crippen molar-refractivity contribution in [3.8, 4) is 0 Å². The smallest absolute Gasteiger partial charge is 0.246 e. The van der Waals surface area contributed by atoms with Gasteiger partial charge in [-0.3, -0.25) is 9.78 Å². The molecule has 4 nitrogen and oxygen atoms in total. The third-order valence-electron chi connectivity index (χ3n) is 3.67. The van der Waals surface area contributed by atoms with Crippen LogP contribution >= 0.6 is 0 Å². The Bertz CT molecular complexity index is 386. The molecule has 0 saturated heterocycles. The summed E-state index contributed by atoms with van der Waals surface area (Å²) in [5.74, 6) is -0.0558. The van der Waals surface area contributed by atoms with Crippen LogP contribution in [0.4, 0.5) is 0 Å². The zero-order valence-electron chi connectivity index (χ0n) is 10.8. The molecule has 0 radical (unpaired) electrons. The number of amides is 1. The maximum atomic E-state index is 11.5. The molecule has 18 heavy (non-hydrogen) atoms. The predicted octanol–water partition coefficient (Wildman–Crippen LogP) is 1.66. The first-order valence-electron chi connectivity index (χ1n) is 6.44. The van der Waals surface area contributed by atoms with Gasteiger partial charge in [-0.1, -0.05) is 18.9 Å². The first-order chi connectivity index (χ1) is 8.77. The zero-order valence-corrected chi connectivity index (χ0v) is 10.8. The summed E-state index contributed by atoms with van der Waals surface area (Å²) >= 11 is 0. The van der Waals surface area contributed by atoms with Gasteiger partial charge in [-0.25, -0.2) is 0 Å². The molecular weight excluding hydrogens is 228 g/mol. The third kappa shape index (κ3) is 2.88. The second kappa shape index (κ2) is 5.96. The Morgan fingerprint density at radius 2 is 2.22 bits per heavy atom. The molecule has 0 atom stereocenters. The molecule has 1 heterocycles. The summed E-state index contributed by atoms with van der Waals surface area (Å²) in [5.41, 5.74) is 1.12. The lowest BCUT2D eigenvalue weighted by molar-refractivity contribution is -0.125. The molecule has 0 bridgehead atoms. The normalized spacial score (nSPS) is 17.6. The summed E-state index contributed by atoms with van der Waals surface area (Å²) in [5, 5.41) is 2.96. The summed E-state index contributed by atoms with van der Waals surface area (Å²) in [6.07, 6.45) is 6.42. The van der Waals surface area contributed by atoms with Crippen LogP contribution < -0.4 is 5.32 Å². The summed E-state index contributed by atoms with van der Waals surface area (Å²) in [6.45, 7) is 0.782. The molecule has 1 N–H and O–H groups in total. The van der Waals surface area contributed by atoms with Crippen LogP contribution in [0.3, 0.4) is 0 Å². The lowest BCUT2D eigenvalue weighted by atomic mass is 9.82. The fourth-order valence-electron chi connectivity index (χ4n) is 2.70. The Kier molecular flexibility index (Phi) is 4.31. The predicted molar refractivity (Wildman–Crippen MR) is 69.3 cm³/mol. The van der Waals surface area contributed by atoms with E-state index in [0.29, 0.717) is 6.54 Å². The average Bonchev–Trinajstić information content (AvgIpc) is 2.88. The van der Waals surface area contributed by atoms with Crippen LogP contribution in [0.15, 0.2) is 24.4 Å². The van der Waals surface area contributed by atoms with Gasteiger partial charge in [0, 0.05) is 31.0 Å². The highest BCUT2D eigenvalue weighted by atomic mass is 16.5. The Labute approximate surface area is 108 Å². The number of nitrogens with zero attached hydrogens (tertiary/aromatic N) is 1. The van der Waals surface area contributed by atoms with E-state index in [1.807, 2.05) is 18.3 Å². The third-order valence-corrected chi connectivity index (χ3v) is 3.67. The first kappa shape index (κ1) is 13.0. The van der Waals surface area contributed by atoms with E-state index in [4.69, 9.17) is 4.74 Å². The van der Waals surface area contributed by atoms with Crippen molar-refractivity contribution in [3.63, 3.8) is 0 Å². The van der Waals surface area contributed by atoms with E-state index in [2.05, 4.69) is 16.4 Å². The molecule has 1 amide bonds. The Balaban J connectivity index is 2.06. The fourth-order valence-corrected chi connectivity index (χ4v) is 2.70. The van der Waals surface area contributed by atoms with Gasteiger partial charge in [-0.2, -0.15) is 0 Å². The number of rotatable bonds is 5. The highest BCUT2D eigenvalue weighted by Crippen LogP contribution is 2.39. The molecule has 1 aromatic heterocycles. The maximum absolute atomic E-state index is 11.5. The number of aromatic nitrogens is 1. The van der Waals surface area contributed by atoms with Crippen molar-refractivity contribution in [1.82, 2.24) is 10.3 Å². The van der Waals surface area contributed by atoms with Gasteiger partial charge in [0.2, 0.25) is 5.91 Å². The van der Waals surface area contributed by atoms with Gasteiger partial charge in [0.05, 0.1) is 0 Å². The number of carbonyl (C=O) groups is 1. The number of pyridine rings is 1. The van der Waals surface area contributed by atoms with E-state index in [1.54, 1.807) is 0 Å². The summed E-state index contributed by atoms with van der Waals surface area (Å²) in [6, 6.07) is 6.00. The van der Waals surface area contributed by atoms with Gasteiger partial charge >= 0.3 is 0 Å². The van der Waals surface area contributed by atoms with E-state index >= 15 is 0 Å². The van der Waals surface area contributed by atoms with Crippen molar-refractivity contribution in [2.24, 2.45) is 0 Å². The molecule has 0 aromatic carbocycles. The number of ether oxygens (including phenoxy) is 1. The average molecular weight is 248 g/mol. The van der Waals surface area contributed by atoms with Gasteiger partial charge in [0.15, 0.2) is 0 Å². The van der Waals surface area contributed by atoms with Crippen molar-refractivity contribution in [2.45, 2.75) is 31.1 Å². The number of nitrogens with one attached hydrogen (secondary N) is 1. The van der Waals surface area contributed by atoms with Crippen molar-refractivity contribution < 1.29 is 9.53 Å². The maximum Gasteiger partial charge on any atom is 0.246 e. The quantitative estimate of drug-likeness (QED) is 0.862. The van der Waals surface area contributed by atoms with Crippen LogP contribution in [-0.4, -0.2) is 31.2 Å². The Morgan fingerprint density at radius 1 is 1.44 bits per heavy atom. The minimum Gasteiger partial charge on any atom is -0.375 e. The van der Waals surface area contributed by atoms with Crippen molar-refractivity contribution >= 4 is 5.91 Å². The van der Waals surface area contributed by atoms with Crippen molar-refractivity contribution in [1.29, 1.82) is 0 Å². The minimum atomic E-state index is -0.0558. The molecule has 2 rings (SSSR count). The number of carbonyl (C=O) groups excluding carboxylic acids is 1. The molecule has 98 valence electrons. The van der Waals surface area contributed by atoms with E-state index in [-0.39, 0.29) is 17.9 Å². The highest BCUT2D eigenvalue weighted by molar-refractivity contribution is 5.77. The topological polar surface area (TPSA) is 51.2 Å². The molecular formula is C14H20N2O2. The molecule has 1 saturated carbocycles. The standard InChI is InChI=1S/C14H20N2O2/c1-18-10-13(17)16-11-14(7-3-4-8-14)12-6-2-5-9-15-12/h2,5-6,9H,3-4,7-8,10-11H2,1H3,(H,16,17). The van der Waals surface area contributed by atoms with Crippen molar-refractivity contribution in [3.05, 3.63) is 30.1 Å². The van der Waals surface area contributed by atoms with E-state index in [0.717, 1.165) is 18.5 Å². The Morgan fingerprint density at radius 3 is 2.83 bits per heavy atom. The molecule has 0 unspecified atom stereocenters. The summed E-state index contributed by atoms with van der Waals surface area (Å²) in [4.78, 5) is 16.0. The lowest BCUT2D eigenvalue weighted by Gasteiger charge is -2.28. The second-order valence-electron chi connectivity index (χ2n) is 4.91. The van der Waals surface area contributed by atoms with Crippen LogP contribution in [-0.2, 0) is 14.9 Å². The first-order valence-corrected chi connectivity index (χ1v) is 6.44. The molecule has 1 aromatic rings. The van der Waals surface area contributed by atoms with Gasteiger partial charge in [-0.05, 0) is 25.0 Å².